The predicted molar refractivity (Wildman–Crippen MR) is 116 cm³/mol. The zero-order chi connectivity index (χ0) is 22.8. The Labute approximate surface area is 196 Å². The second-order valence-corrected chi connectivity index (χ2v) is 7.31. The van der Waals surface area contributed by atoms with Crippen LogP contribution in [0.5, 0.6) is 11.5 Å². The fourth-order valence-electron chi connectivity index (χ4n) is 1.95. The highest BCUT2D eigenvalue weighted by atomic mass is 79.9. The van der Waals surface area contributed by atoms with Gasteiger partial charge < -0.3 is 18.9 Å². The van der Waals surface area contributed by atoms with Crippen LogP contribution < -0.4 is 9.47 Å². The molecule has 2 aromatic rings. The minimum absolute atomic E-state index is 0.0539. The van der Waals surface area contributed by atoms with E-state index in [9.17, 15) is 9.59 Å². The predicted octanol–water partition coefficient (Wildman–Crippen LogP) is 4.98. The lowest BCUT2D eigenvalue weighted by Crippen LogP contribution is -2.07. The van der Waals surface area contributed by atoms with Crippen molar-refractivity contribution in [2.75, 3.05) is 28.4 Å². The Hall–Kier alpha value is -2.41. The summed E-state index contributed by atoms with van der Waals surface area (Å²) in [6, 6.07) is 3.12. The van der Waals surface area contributed by atoms with Crippen molar-refractivity contribution in [2.24, 2.45) is 5.11 Å². The number of aromatic nitrogens is 2. The summed E-state index contributed by atoms with van der Waals surface area (Å²) in [5.41, 5.74) is 8.61. The molecule has 14 heteroatoms. The Kier molecular flexibility index (Phi) is 10.5. The highest BCUT2D eigenvalue weighted by Gasteiger charge is 2.19. The van der Waals surface area contributed by atoms with Gasteiger partial charge in [0.25, 0.3) is 0 Å². The van der Waals surface area contributed by atoms with Gasteiger partial charge in [-0.2, -0.15) is 0 Å². The van der Waals surface area contributed by atoms with E-state index in [4.69, 9.17) is 15.0 Å². The molecule has 2 rings (SSSR count). The smallest absolute Gasteiger partial charge is 0.360 e. The van der Waals surface area contributed by atoms with Crippen molar-refractivity contribution >= 4 is 65.4 Å². The van der Waals surface area contributed by atoms with Gasteiger partial charge in [-0.1, -0.05) is 5.11 Å². The van der Waals surface area contributed by atoms with Gasteiger partial charge in [-0.25, -0.2) is 19.6 Å². The second kappa shape index (κ2) is 12.3. The molecule has 0 amide bonds. The highest BCUT2D eigenvalue weighted by Crippen LogP contribution is 2.33. The SMILES string of the molecule is COC(=O)c1nc(Br)cc(Br)c1OC.COC(=O)c1nc(Br)cc(N=[N+]=[N-])c1OC. The molecule has 0 radical (unpaired) electrons. The fourth-order valence-corrected chi connectivity index (χ4v) is 3.62. The van der Waals surface area contributed by atoms with Gasteiger partial charge in [0.2, 0.25) is 0 Å². The first-order chi connectivity index (χ1) is 14.2. The van der Waals surface area contributed by atoms with Gasteiger partial charge in [-0.05, 0) is 65.5 Å². The van der Waals surface area contributed by atoms with Crippen LogP contribution in [0.25, 0.3) is 10.4 Å². The Morgan fingerprint density at radius 3 is 1.80 bits per heavy atom. The van der Waals surface area contributed by atoms with Crippen molar-refractivity contribution in [3.8, 4) is 11.5 Å². The molecule has 0 atom stereocenters. The zero-order valence-corrected chi connectivity index (χ0v) is 20.7. The van der Waals surface area contributed by atoms with E-state index >= 15 is 0 Å². The van der Waals surface area contributed by atoms with Crippen molar-refractivity contribution < 1.29 is 28.5 Å². The van der Waals surface area contributed by atoms with Crippen molar-refractivity contribution in [3.63, 3.8) is 0 Å². The van der Waals surface area contributed by atoms with E-state index < -0.39 is 11.9 Å². The van der Waals surface area contributed by atoms with Crippen LogP contribution in [0.4, 0.5) is 5.69 Å². The van der Waals surface area contributed by atoms with E-state index in [0.717, 1.165) is 0 Å². The molecule has 0 aliphatic carbocycles. The molecular weight excluding hydrogens is 598 g/mol. The minimum atomic E-state index is -0.674. The Morgan fingerprint density at radius 1 is 0.900 bits per heavy atom. The quantitative estimate of drug-likeness (QED) is 0.151. The third-order valence-electron chi connectivity index (χ3n) is 3.14. The molecule has 0 spiro atoms. The number of ether oxygens (including phenoxy) is 4. The minimum Gasteiger partial charge on any atom is -0.494 e. The molecule has 0 unspecified atom stereocenters. The summed E-state index contributed by atoms with van der Waals surface area (Å²) in [4.78, 5) is 33.2. The van der Waals surface area contributed by atoms with Crippen molar-refractivity contribution in [3.05, 3.63) is 47.6 Å². The molecule has 0 N–H and O–H groups in total. The fraction of sp³-hybridized carbons (Fsp3) is 0.250. The molecule has 30 heavy (non-hydrogen) atoms. The van der Waals surface area contributed by atoms with Crippen molar-refractivity contribution in [2.45, 2.75) is 0 Å². The Morgan fingerprint density at radius 2 is 1.37 bits per heavy atom. The average molecular weight is 612 g/mol. The van der Waals surface area contributed by atoms with E-state index in [1.807, 2.05) is 0 Å². The molecule has 0 saturated carbocycles. The number of rotatable bonds is 5. The number of pyridine rings is 2. The van der Waals surface area contributed by atoms with Gasteiger partial charge in [0.15, 0.2) is 22.9 Å². The number of halogens is 3. The van der Waals surface area contributed by atoms with E-state index in [2.05, 4.69) is 77.3 Å². The highest BCUT2D eigenvalue weighted by molar-refractivity contribution is 9.11. The van der Waals surface area contributed by atoms with Gasteiger partial charge in [0.1, 0.15) is 9.21 Å². The summed E-state index contributed by atoms with van der Waals surface area (Å²) in [6.07, 6.45) is 0. The van der Waals surface area contributed by atoms with Crippen LogP contribution in [0.2, 0.25) is 0 Å². The molecule has 2 heterocycles. The maximum atomic E-state index is 11.4. The first-order valence-corrected chi connectivity index (χ1v) is 9.98. The van der Waals surface area contributed by atoms with Gasteiger partial charge >= 0.3 is 11.9 Å². The normalized spacial score (nSPS) is 9.43. The van der Waals surface area contributed by atoms with Crippen LogP contribution in [0.1, 0.15) is 21.0 Å². The van der Waals surface area contributed by atoms with Crippen molar-refractivity contribution in [1.29, 1.82) is 0 Å². The Balaban J connectivity index is 0.000000303. The zero-order valence-electron chi connectivity index (χ0n) is 16.0. The summed E-state index contributed by atoms with van der Waals surface area (Å²) in [5, 5.41) is 3.39. The Bertz CT molecular complexity index is 998. The van der Waals surface area contributed by atoms with Gasteiger partial charge in [-0.3, -0.25) is 0 Å². The third kappa shape index (κ3) is 6.55. The van der Waals surface area contributed by atoms with Crippen LogP contribution in [-0.2, 0) is 9.47 Å². The number of methoxy groups -OCH3 is 4. The maximum Gasteiger partial charge on any atom is 0.360 e. The maximum absolute atomic E-state index is 11.4. The average Bonchev–Trinajstić information content (AvgIpc) is 2.72. The van der Waals surface area contributed by atoms with E-state index in [1.54, 1.807) is 6.07 Å². The molecular formula is C16H14Br3N5O6. The number of carbonyl (C=O) groups is 2. The van der Waals surface area contributed by atoms with E-state index in [-0.39, 0.29) is 22.8 Å². The molecule has 0 aliphatic rings. The molecule has 0 saturated heterocycles. The molecule has 0 bridgehead atoms. The molecule has 2 aromatic heterocycles. The number of hydrogen-bond donors (Lipinski definition) is 0. The molecule has 160 valence electrons. The monoisotopic (exact) mass is 609 g/mol. The molecule has 0 aromatic carbocycles. The van der Waals surface area contributed by atoms with Crippen LogP contribution >= 0.6 is 47.8 Å². The topological polar surface area (TPSA) is 146 Å². The molecule has 11 nitrogen and oxygen atoms in total. The van der Waals surface area contributed by atoms with Crippen LogP contribution in [0.15, 0.2) is 30.9 Å². The second-order valence-electron chi connectivity index (χ2n) is 4.83. The lowest BCUT2D eigenvalue weighted by Gasteiger charge is -2.08. The van der Waals surface area contributed by atoms with Crippen molar-refractivity contribution in [1.82, 2.24) is 9.97 Å². The summed E-state index contributed by atoms with van der Waals surface area (Å²) < 4.78 is 20.6. The number of azide groups is 1. The summed E-state index contributed by atoms with van der Waals surface area (Å²) in [5.74, 6) is -0.774. The first kappa shape index (κ1) is 25.6. The van der Waals surface area contributed by atoms with Gasteiger partial charge in [0, 0.05) is 4.91 Å². The largest absolute Gasteiger partial charge is 0.494 e. The summed E-state index contributed by atoms with van der Waals surface area (Å²) in [7, 11) is 5.31. The first-order valence-electron chi connectivity index (χ1n) is 7.60. The van der Waals surface area contributed by atoms with E-state index in [0.29, 0.717) is 19.4 Å². The molecule has 0 aliphatic heterocycles. The van der Waals surface area contributed by atoms with Crippen LogP contribution in [0, 0.1) is 0 Å². The van der Waals surface area contributed by atoms with Crippen LogP contribution in [0.3, 0.4) is 0 Å². The standard InChI is InChI=1S/C8H7Br2NO3.C8H7BrN4O3/c1-13-7-4(9)3-5(10)11-6(7)8(12)14-2;1-15-7-4(12-13-10)3-5(9)11-6(7)8(14)16-2/h3H,1-2H3;3H,1-2H3. The van der Waals surface area contributed by atoms with Gasteiger partial charge in [0.05, 0.1) is 38.6 Å². The molecule has 0 fully saturated rings. The lowest BCUT2D eigenvalue weighted by atomic mass is 10.3. The van der Waals surface area contributed by atoms with Gasteiger partial charge in [-0.15, -0.1) is 0 Å². The van der Waals surface area contributed by atoms with E-state index in [1.165, 1.54) is 34.5 Å². The summed E-state index contributed by atoms with van der Waals surface area (Å²) in [6.45, 7) is 0. The summed E-state index contributed by atoms with van der Waals surface area (Å²) >= 11 is 9.51. The number of hydrogen-bond acceptors (Lipinski definition) is 9. The number of carbonyl (C=O) groups excluding carboxylic acids is 2. The number of nitrogens with zero attached hydrogens (tertiary/aromatic N) is 5. The number of esters is 2. The van der Waals surface area contributed by atoms with Crippen LogP contribution in [-0.4, -0.2) is 50.3 Å². The third-order valence-corrected chi connectivity index (χ3v) is 4.54. The lowest BCUT2D eigenvalue weighted by molar-refractivity contribution is 0.0580.